The fourth-order valence-corrected chi connectivity index (χ4v) is 2.74. The summed E-state index contributed by atoms with van der Waals surface area (Å²) in [4.78, 5) is 11.3. The van der Waals surface area contributed by atoms with E-state index in [9.17, 15) is 9.18 Å². The van der Waals surface area contributed by atoms with Gasteiger partial charge in [0.2, 0.25) is 8.32 Å². The molecule has 23 heavy (non-hydrogen) atoms. The van der Waals surface area contributed by atoms with Gasteiger partial charge in [0.05, 0.1) is 6.61 Å². The quantitative estimate of drug-likeness (QED) is 0.422. The summed E-state index contributed by atoms with van der Waals surface area (Å²) >= 11 is 0. The molecule has 1 rings (SSSR count). The third-order valence-corrected chi connectivity index (χ3v) is 8.42. The van der Waals surface area contributed by atoms with Gasteiger partial charge in [0.1, 0.15) is 11.6 Å². The van der Waals surface area contributed by atoms with Crippen LogP contribution in [0.25, 0.3) is 0 Å². The molecule has 3 nitrogen and oxygen atoms in total. The summed E-state index contributed by atoms with van der Waals surface area (Å²) in [5.74, 6) is -0.136. The van der Waals surface area contributed by atoms with Crippen LogP contribution in [0.3, 0.4) is 0 Å². The van der Waals surface area contributed by atoms with Gasteiger partial charge in [-0.1, -0.05) is 32.9 Å². The van der Waals surface area contributed by atoms with Crippen molar-refractivity contribution < 1.29 is 18.3 Å². The number of hydrogen-bond donors (Lipinski definition) is 0. The molecule has 0 aliphatic rings. The summed E-state index contributed by atoms with van der Waals surface area (Å²) in [5.41, 5.74) is 0.858. The lowest BCUT2D eigenvalue weighted by Crippen LogP contribution is -2.44. The molecule has 0 radical (unpaired) electrons. The number of esters is 1. The minimum absolute atomic E-state index is 0.0252. The molecule has 1 aromatic rings. The van der Waals surface area contributed by atoms with Crippen molar-refractivity contribution in [2.75, 3.05) is 6.61 Å². The number of rotatable bonds is 6. The van der Waals surface area contributed by atoms with E-state index in [0.717, 1.165) is 5.56 Å². The molecule has 0 N–H and O–H groups in total. The summed E-state index contributed by atoms with van der Waals surface area (Å²) in [5, 5.41) is 0.0252. The number of carbonyl (C=O) groups is 1. The molecule has 1 aromatic carbocycles. The van der Waals surface area contributed by atoms with Gasteiger partial charge in [0.15, 0.2) is 0 Å². The summed E-state index contributed by atoms with van der Waals surface area (Å²) in [6.07, 6.45) is 3.59. The molecule has 0 amide bonds. The third kappa shape index (κ3) is 5.82. The normalized spacial score (nSPS) is 12.5. The Morgan fingerprint density at radius 3 is 2.52 bits per heavy atom. The Hall–Kier alpha value is -1.62. The first-order valence-corrected chi connectivity index (χ1v) is 10.8. The van der Waals surface area contributed by atoms with Crippen molar-refractivity contribution in [3.63, 3.8) is 0 Å². The molecular weight excluding hydrogens is 311 g/mol. The van der Waals surface area contributed by atoms with Crippen molar-refractivity contribution in [3.8, 4) is 5.75 Å². The minimum Gasteiger partial charge on any atom is -0.543 e. The van der Waals surface area contributed by atoms with Gasteiger partial charge in [-0.05, 0) is 43.1 Å². The van der Waals surface area contributed by atoms with E-state index in [-0.39, 0.29) is 16.8 Å². The molecule has 0 aliphatic carbocycles. The van der Waals surface area contributed by atoms with Crippen molar-refractivity contribution in [1.29, 1.82) is 0 Å². The topological polar surface area (TPSA) is 35.5 Å². The number of ether oxygens (including phenoxy) is 1. The Balaban J connectivity index is 2.96. The molecule has 0 saturated carbocycles. The molecule has 0 unspecified atom stereocenters. The fourth-order valence-electron chi connectivity index (χ4n) is 1.69. The number of halogens is 1. The van der Waals surface area contributed by atoms with Crippen molar-refractivity contribution in [2.45, 2.75) is 52.2 Å². The van der Waals surface area contributed by atoms with Gasteiger partial charge < -0.3 is 9.16 Å². The maximum atomic E-state index is 13.6. The molecule has 0 fully saturated rings. The first-order valence-electron chi connectivity index (χ1n) is 7.87. The first kappa shape index (κ1) is 19.4. The maximum Gasteiger partial charge on any atom is 0.330 e. The molecule has 0 atom stereocenters. The molecule has 128 valence electrons. The van der Waals surface area contributed by atoms with Gasteiger partial charge in [0, 0.05) is 12.1 Å². The lowest BCUT2D eigenvalue weighted by atomic mass is 10.1. The molecule has 0 aliphatic heterocycles. The summed E-state index contributed by atoms with van der Waals surface area (Å²) in [6, 6.07) is 4.54. The highest BCUT2D eigenvalue weighted by Crippen LogP contribution is 2.38. The van der Waals surface area contributed by atoms with Crippen LogP contribution >= 0.6 is 0 Å². The highest BCUT2D eigenvalue weighted by Gasteiger charge is 2.39. The third-order valence-electron chi connectivity index (χ3n) is 4.08. The van der Waals surface area contributed by atoms with E-state index >= 15 is 0 Å². The molecule has 0 aromatic heterocycles. The summed E-state index contributed by atoms with van der Waals surface area (Å²) < 4.78 is 24.7. The van der Waals surface area contributed by atoms with Crippen LogP contribution in [-0.4, -0.2) is 20.9 Å². The van der Waals surface area contributed by atoms with Crippen molar-refractivity contribution in [2.24, 2.45) is 0 Å². The van der Waals surface area contributed by atoms with Crippen LogP contribution in [0.1, 0.15) is 33.3 Å². The molecular formula is C18H27FO3Si. The average Bonchev–Trinajstić information content (AvgIpc) is 2.40. The number of hydrogen-bond acceptors (Lipinski definition) is 3. The van der Waals surface area contributed by atoms with E-state index in [1.54, 1.807) is 19.1 Å². The second-order valence-corrected chi connectivity index (χ2v) is 11.7. The standard InChI is InChI=1S/C18H27FO3Si/c1-7-21-17(20)10-8-9-14-11-12-15(19)13-16(14)22-23(5,6)18(2,3)4/h8,10-13H,7,9H2,1-6H3/b10-8+. The Morgan fingerprint density at radius 1 is 1.30 bits per heavy atom. The second kappa shape index (κ2) is 7.77. The van der Waals surface area contributed by atoms with Gasteiger partial charge in [-0.25, -0.2) is 9.18 Å². The predicted octanol–water partition coefficient (Wildman–Crippen LogP) is 4.87. The first-order chi connectivity index (χ1) is 10.6. The fraction of sp³-hybridized carbons (Fsp3) is 0.500. The highest BCUT2D eigenvalue weighted by atomic mass is 28.4. The van der Waals surface area contributed by atoms with Gasteiger partial charge in [-0.2, -0.15) is 0 Å². The zero-order chi connectivity index (χ0) is 17.7. The zero-order valence-electron chi connectivity index (χ0n) is 14.9. The molecule has 5 heteroatoms. The largest absolute Gasteiger partial charge is 0.543 e. The van der Waals surface area contributed by atoms with E-state index in [1.165, 1.54) is 18.2 Å². The molecule has 0 saturated heterocycles. The van der Waals surface area contributed by atoms with Crippen LogP contribution in [0.15, 0.2) is 30.4 Å². The van der Waals surface area contributed by atoms with Crippen LogP contribution in [0.2, 0.25) is 18.1 Å². The molecule has 0 bridgehead atoms. The SMILES string of the molecule is CCOC(=O)/C=C/Cc1ccc(F)cc1O[Si](C)(C)C(C)(C)C. The highest BCUT2D eigenvalue weighted by molar-refractivity contribution is 6.74. The van der Waals surface area contributed by atoms with E-state index in [1.807, 2.05) is 0 Å². The van der Waals surface area contributed by atoms with Crippen LogP contribution < -0.4 is 4.43 Å². The van der Waals surface area contributed by atoms with Crippen LogP contribution in [-0.2, 0) is 16.0 Å². The van der Waals surface area contributed by atoms with Crippen LogP contribution in [0, 0.1) is 5.82 Å². The van der Waals surface area contributed by atoms with Gasteiger partial charge in [0.25, 0.3) is 0 Å². The van der Waals surface area contributed by atoms with Gasteiger partial charge in [-0.3, -0.25) is 0 Å². The van der Waals surface area contributed by atoms with Crippen LogP contribution in [0.5, 0.6) is 5.75 Å². The number of carbonyl (C=O) groups excluding carboxylic acids is 1. The monoisotopic (exact) mass is 338 g/mol. The van der Waals surface area contributed by atoms with Crippen molar-refractivity contribution in [1.82, 2.24) is 0 Å². The second-order valence-electron chi connectivity index (χ2n) is 6.97. The van der Waals surface area contributed by atoms with E-state index in [4.69, 9.17) is 9.16 Å². The van der Waals surface area contributed by atoms with E-state index in [0.29, 0.717) is 18.8 Å². The summed E-state index contributed by atoms with van der Waals surface area (Å²) in [6.45, 7) is 12.8. The lowest BCUT2D eigenvalue weighted by Gasteiger charge is -2.37. The van der Waals surface area contributed by atoms with Gasteiger partial charge in [-0.15, -0.1) is 0 Å². The van der Waals surface area contributed by atoms with Crippen molar-refractivity contribution >= 4 is 14.3 Å². The van der Waals surface area contributed by atoms with E-state index < -0.39 is 8.32 Å². The van der Waals surface area contributed by atoms with Gasteiger partial charge >= 0.3 is 5.97 Å². The molecule has 0 spiro atoms. The predicted molar refractivity (Wildman–Crippen MR) is 93.7 cm³/mol. The van der Waals surface area contributed by atoms with Crippen LogP contribution in [0.4, 0.5) is 4.39 Å². The lowest BCUT2D eigenvalue weighted by molar-refractivity contribution is -0.137. The maximum absolute atomic E-state index is 13.6. The Bertz CT molecular complexity index is 574. The number of benzene rings is 1. The molecule has 0 heterocycles. The Labute approximate surface area is 139 Å². The number of allylic oxidation sites excluding steroid dienone is 1. The Kier molecular flexibility index (Phi) is 6.56. The Morgan fingerprint density at radius 2 is 1.96 bits per heavy atom. The average molecular weight is 338 g/mol. The smallest absolute Gasteiger partial charge is 0.330 e. The minimum atomic E-state index is -2.06. The van der Waals surface area contributed by atoms with Crippen molar-refractivity contribution in [3.05, 3.63) is 41.7 Å². The zero-order valence-corrected chi connectivity index (χ0v) is 15.9. The van der Waals surface area contributed by atoms with E-state index in [2.05, 4.69) is 33.9 Å². The summed E-state index contributed by atoms with van der Waals surface area (Å²) in [7, 11) is -2.06.